The summed E-state index contributed by atoms with van der Waals surface area (Å²) in [6.07, 6.45) is 2.39. The number of nitrogens with one attached hydrogen (secondary N) is 2. The fraction of sp³-hybridized carbons (Fsp3) is 0.375. The second kappa shape index (κ2) is 4.78. The van der Waals surface area contributed by atoms with Gasteiger partial charge in [-0.25, -0.2) is 4.98 Å². The Kier molecular flexibility index (Phi) is 3.08. The molecule has 0 bridgehead atoms. The van der Waals surface area contributed by atoms with Gasteiger partial charge in [-0.3, -0.25) is 4.79 Å². The van der Waals surface area contributed by atoms with Crippen LogP contribution in [-0.2, 0) is 0 Å². The number of carbonyl (C=O) groups is 1. The van der Waals surface area contributed by atoms with Gasteiger partial charge in [-0.1, -0.05) is 25.1 Å². The molecule has 4 heteroatoms. The molecule has 20 heavy (non-hydrogen) atoms. The topological polar surface area (TPSA) is 54.0 Å². The zero-order valence-electron chi connectivity index (χ0n) is 11.9. The first-order valence-electron chi connectivity index (χ1n) is 6.97. The molecule has 0 radical (unpaired) electrons. The molecule has 2 N–H and O–H groups in total. The summed E-state index contributed by atoms with van der Waals surface area (Å²) < 4.78 is 0. The van der Waals surface area contributed by atoms with E-state index in [4.69, 9.17) is 0 Å². The Morgan fingerprint density at radius 1 is 1.35 bits per heavy atom. The number of carbonyl (C=O) groups excluding carboxylic acids is 1. The third-order valence-electron chi connectivity index (χ3n) is 4.00. The first kappa shape index (κ1) is 12.9. The number of para-hydroxylation sites is 1. The van der Waals surface area contributed by atoms with E-state index in [1.807, 2.05) is 37.4 Å². The lowest BCUT2D eigenvalue weighted by molar-refractivity contribution is 0.0941. The van der Waals surface area contributed by atoms with Gasteiger partial charge >= 0.3 is 0 Å². The average Bonchev–Trinajstić information content (AvgIpc) is 3.21. The van der Waals surface area contributed by atoms with Gasteiger partial charge in [0.15, 0.2) is 0 Å². The molecule has 1 fully saturated rings. The first-order chi connectivity index (χ1) is 9.61. The third kappa shape index (κ3) is 2.46. The number of amides is 1. The van der Waals surface area contributed by atoms with E-state index in [1.165, 1.54) is 12.8 Å². The van der Waals surface area contributed by atoms with Gasteiger partial charge in [-0.05, 0) is 30.4 Å². The number of rotatable bonds is 4. The molecule has 0 aliphatic heterocycles. The van der Waals surface area contributed by atoms with Crippen molar-refractivity contribution in [3.63, 3.8) is 0 Å². The van der Waals surface area contributed by atoms with E-state index in [1.54, 1.807) is 0 Å². The van der Waals surface area contributed by atoms with Crippen LogP contribution in [0.3, 0.4) is 0 Å². The Labute approximate surface area is 118 Å². The van der Waals surface area contributed by atoms with E-state index in [-0.39, 0.29) is 5.91 Å². The molecule has 0 spiro atoms. The highest BCUT2D eigenvalue weighted by molar-refractivity contribution is 5.99. The van der Waals surface area contributed by atoms with Crippen LogP contribution in [0.4, 0.5) is 5.69 Å². The predicted molar refractivity (Wildman–Crippen MR) is 81.0 cm³/mol. The van der Waals surface area contributed by atoms with Crippen LogP contribution >= 0.6 is 0 Å². The van der Waals surface area contributed by atoms with Crippen molar-refractivity contribution in [3.05, 3.63) is 36.0 Å². The molecule has 1 saturated carbocycles. The Morgan fingerprint density at radius 2 is 2.10 bits per heavy atom. The number of nitrogens with zero attached hydrogens (tertiary/aromatic N) is 1. The summed E-state index contributed by atoms with van der Waals surface area (Å²) in [5.74, 6) is -0.0969. The molecule has 1 amide bonds. The van der Waals surface area contributed by atoms with Crippen molar-refractivity contribution in [2.75, 3.05) is 18.9 Å². The molecule has 1 heterocycles. The summed E-state index contributed by atoms with van der Waals surface area (Å²) in [5, 5.41) is 7.15. The highest BCUT2D eigenvalue weighted by atomic mass is 16.1. The van der Waals surface area contributed by atoms with E-state index < -0.39 is 0 Å². The van der Waals surface area contributed by atoms with Gasteiger partial charge in [0.1, 0.15) is 5.69 Å². The van der Waals surface area contributed by atoms with Crippen molar-refractivity contribution in [2.45, 2.75) is 19.8 Å². The van der Waals surface area contributed by atoms with Gasteiger partial charge in [-0.15, -0.1) is 0 Å². The summed E-state index contributed by atoms with van der Waals surface area (Å²) in [4.78, 5) is 16.7. The number of pyridine rings is 1. The smallest absolute Gasteiger partial charge is 0.270 e. The van der Waals surface area contributed by atoms with Crippen LogP contribution in [0.2, 0.25) is 0 Å². The van der Waals surface area contributed by atoms with E-state index in [0.717, 1.165) is 23.1 Å². The number of benzene rings is 1. The second-order valence-corrected chi connectivity index (χ2v) is 5.82. The summed E-state index contributed by atoms with van der Waals surface area (Å²) in [6.45, 7) is 2.93. The zero-order valence-corrected chi connectivity index (χ0v) is 11.9. The Bertz CT molecular complexity index is 662. The maximum absolute atomic E-state index is 12.2. The molecule has 0 unspecified atom stereocenters. The SMILES string of the molecule is CNc1cc(C(=O)NCC2(C)CC2)nc2ccccc12. The van der Waals surface area contributed by atoms with E-state index in [2.05, 4.69) is 22.5 Å². The monoisotopic (exact) mass is 269 g/mol. The van der Waals surface area contributed by atoms with Gasteiger partial charge in [0.25, 0.3) is 5.91 Å². The molecule has 4 nitrogen and oxygen atoms in total. The standard InChI is InChI=1S/C16H19N3O/c1-16(7-8-16)10-18-15(20)14-9-13(17-2)11-5-3-4-6-12(11)19-14/h3-6,9H,7-8,10H2,1-2H3,(H,17,19)(H,18,20). The quantitative estimate of drug-likeness (QED) is 0.897. The Balaban J connectivity index is 1.88. The summed E-state index contributed by atoms with van der Waals surface area (Å²) >= 11 is 0. The minimum absolute atomic E-state index is 0.0969. The summed E-state index contributed by atoms with van der Waals surface area (Å²) in [7, 11) is 1.86. The van der Waals surface area contributed by atoms with Crippen molar-refractivity contribution in [1.82, 2.24) is 10.3 Å². The van der Waals surface area contributed by atoms with Gasteiger partial charge in [-0.2, -0.15) is 0 Å². The normalized spacial score (nSPS) is 15.9. The molecule has 0 atom stereocenters. The second-order valence-electron chi connectivity index (χ2n) is 5.82. The number of hydrogen-bond donors (Lipinski definition) is 2. The van der Waals surface area contributed by atoms with Crippen molar-refractivity contribution < 1.29 is 4.79 Å². The largest absolute Gasteiger partial charge is 0.388 e. The molecular formula is C16H19N3O. The molecule has 1 aromatic carbocycles. The molecule has 104 valence electrons. The summed E-state index contributed by atoms with van der Waals surface area (Å²) in [5.41, 5.74) is 2.54. The highest BCUT2D eigenvalue weighted by Crippen LogP contribution is 2.44. The van der Waals surface area contributed by atoms with Gasteiger partial charge < -0.3 is 10.6 Å². The summed E-state index contributed by atoms with van der Waals surface area (Å²) in [6, 6.07) is 9.64. The fourth-order valence-electron chi connectivity index (χ4n) is 2.27. The van der Waals surface area contributed by atoms with Crippen LogP contribution in [0.5, 0.6) is 0 Å². The predicted octanol–water partition coefficient (Wildman–Crippen LogP) is 2.81. The molecule has 1 aliphatic rings. The number of aromatic nitrogens is 1. The lowest BCUT2D eigenvalue weighted by Crippen LogP contribution is -2.29. The molecule has 1 aromatic heterocycles. The Hall–Kier alpha value is -2.10. The van der Waals surface area contributed by atoms with E-state index in [0.29, 0.717) is 11.1 Å². The van der Waals surface area contributed by atoms with Crippen LogP contribution in [0, 0.1) is 5.41 Å². The minimum Gasteiger partial charge on any atom is -0.388 e. The van der Waals surface area contributed by atoms with Crippen LogP contribution in [0.15, 0.2) is 30.3 Å². The third-order valence-corrected chi connectivity index (χ3v) is 4.00. The maximum Gasteiger partial charge on any atom is 0.270 e. The first-order valence-corrected chi connectivity index (χ1v) is 6.97. The van der Waals surface area contributed by atoms with Crippen LogP contribution in [0.1, 0.15) is 30.3 Å². The lowest BCUT2D eigenvalue weighted by Gasteiger charge is -2.12. The molecule has 0 saturated heterocycles. The van der Waals surface area contributed by atoms with Crippen LogP contribution < -0.4 is 10.6 Å². The lowest BCUT2D eigenvalue weighted by atomic mass is 10.1. The maximum atomic E-state index is 12.2. The molecule has 1 aliphatic carbocycles. The van der Waals surface area contributed by atoms with E-state index in [9.17, 15) is 4.79 Å². The van der Waals surface area contributed by atoms with Crippen LogP contribution in [0.25, 0.3) is 10.9 Å². The average molecular weight is 269 g/mol. The number of hydrogen-bond acceptors (Lipinski definition) is 3. The number of fused-ring (bicyclic) bond motifs is 1. The van der Waals surface area contributed by atoms with Crippen molar-refractivity contribution in [2.24, 2.45) is 5.41 Å². The highest BCUT2D eigenvalue weighted by Gasteiger charge is 2.37. The van der Waals surface area contributed by atoms with Crippen molar-refractivity contribution >= 4 is 22.5 Å². The van der Waals surface area contributed by atoms with Gasteiger partial charge in [0, 0.05) is 24.7 Å². The molecule has 2 aromatic rings. The zero-order chi connectivity index (χ0) is 14.2. The van der Waals surface area contributed by atoms with Gasteiger partial charge in [0.05, 0.1) is 5.52 Å². The fourth-order valence-corrected chi connectivity index (χ4v) is 2.27. The van der Waals surface area contributed by atoms with Crippen molar-refractivity contribution in [3.8, 4) is 0 Å². The van der Waals surface area contributed by atoms with E-state index >= 15 is 0 Å². The molecule has 3 rings (SSSR count). The van der Waals surface area contributed by atoms with Crippen molar-refractivity contribution in [1.29, 1.82) is 0 Å². The minimum atomic E-state index is -0.0969. The van der Waals surface area contributed by atoms with Crippen LogP contribution in [-0.4, -0.2) is 24.5 Å². The molecular weight excluding hydrogens is 250 g/mol. The van der Waals surface area contributed by atoms with Gasteiger partial charge in [0.2, 0.25) is 0 Å². The Morgan fingerprint density at radius 3 is 2.80 bits per heavy atom. The number of anilines is 1.